The number of anilines is 2. The van der Waals surface area contributed by atoms with Crippen molar-refractivity contribution in [1.29, 1.82) is 0 Å². The number of fused-ring (bicyclic) bond motifs is 1. The van der Waals surface area contributed by atoms with Gasteiger partial charge in [0, 0.05) is 13.0 Å². The number of carbonyl (C=O) groups excluding carboxylic acids is 2. The van der Waals surface area contributed by atoms with Crippen LogP contribution in [0.15, 0.2) is 76.7 Å². The molecule has 2 amide bonds. The van der Waals surface area contributed by atoms with E-state index in [1.54, 1.807) is 27.7 Å². The number of para-hydroxylation sites is 3. The summed E-state index contributed by atoms with van der Waals surface area (Å²) >= 11 is 1.21. The van der Waals surface area contributed by atoms with Crippen molar-refractivity contribution >= 4 is 45.9 Å². The monoisotopic (exact) mass is 498 g/mol. The highest BCUT2D eigenvalue weighted by Gasteiger charge is 2.24. The predicted octanol–water partition coefficient (Wildman–Crippen LogP) is 4.86. The van der Waals surface area contributed by atoms with Gasteiger partial charge in [-0.25, -0.2) is 4.98 Å². The second kappa shape index (κ2) is 9.99. The Labute approximate surface area is 213 Å². The summed E-state index contributed by atoms with van der Waals surface area (Å²) in [6.07, 6.45) is 1.32. The van der Waals surface area contributed by atoms with Crippen molar-refractivity contribution in [2.24, 2.45) is 0 Å². The van der Waals surface area contributed by atoms with Crippen molar-refractivity contribution in [2.75, 3.05) is 22.5 Å². The molecule has 1 fully saturated rings. The van der Waals surface area contributed by atoms with Gasteiger partial charge in [0.25, 0.3) is 5.56 Å². The number of hydrogen-bond acceptors (Lipinski definition) is 5. The number of hydrogen-bond donors (Lipinski definition) is 1. The third kappa shape index (κ3) is 4.64. The van der Waals surface area contributed by atoms with Crippen molar-refractivity contribution in [1.82, 2.24) is 9.55 Å². The number of benzene rings is 3. The molecule has 0 saturated carbocycles. The van der Waals surface area contributed by atoms with Gasteiger partial charge in [0.15, 0.2) is 5.16 Å². The quantitative estimate of drug-likeness (QED) is 0.303. The Balaban J connectivity index is 1.45. The molecule has 1 aliphatic rings. The van der Waals surface area contributed by atoms with E-state index in [0.717, 1.165) is 23.2 Å². The minimum atomic E-state index is -0.242. The van der Waals surface area contributed by atoms with E-state index >= 15 is 0 Å². The molecule has 1 saturated heterocycles. The van der Waals surface area contributed by atoms with Gasteiger partial charge in [-0.15, -0.1) is 0 Å². The molecular formula is C28H26N4O3S. The lowest BCUT2D eigenvalue weighted by Gasteiger charge is -2.20. The third-order valence-corrected chi connectivity index (χ3v) is 7.16. The molecule has 0 unspecified atom stereocenters. The topological polar surface area (TPSA) is 84.3 Å². The molecule has 0 aliphatic carbocycles. The van der Waals surface area contributed by atoms with Crippen molar-refractivity contribution in [3.05, 3.63) is 88.2 Å². The number of amides is 2. The first-order valence-electron chi connectivity index (χ1n) is 11.8. The number of nitrogens with one attached hydrogen (secondary N) is 1. The molecule has 2 heterocycles. The standard InChI is InChI=1S/C28H26N4O3S/c1-18-13-14-19(2)24(16-18)32-27(35)20-8-3-4-9-21(20)30-28(32)36-17-25(33)29-22-10-5-6-11-23(22)31-15-7-12-26(31)34/h3-6,8-11,13-14,16H,7,12,15,17H2,1-2H3,(H,29,33). The Morgan fingerprint density at radius 1 is 1.00 bits per heavy atom. The molecule has 4 aromatic rings. The first kappa shape index (κ1) is 23.8. The van der Waals surface area contributed by atoms with Crippen LogP contribution in [0.3, 0.4) is 0 Å². The number of aromatic nitrogens is 2. The molecular weight excluding hydrogens is 472 g/mol. The Morgan fingerprint density at radius 3 is 2.58 bits per heavy atom. The van der Waals surface area contributed by atoms with E-state index in [1.807, 2.05) is 62.4 Å². The molecule has 1 aromatic heterocycles. The fraction of sp³-hybridized carbons (Fsp3) is 0.214. The summed E-state index contributed by atoms with van der Waals surface area (Å²) in [6, 6.07) is 20.5. The number of thioether (sulfide) groups is 1. The second-order valence-electron chi connectivity index (χ2n) is 8.84. The van der Waals surface area contributed by atoms with Crippen LogP contribution < -0.4 is 15.8 Å². The van der Waals surface area contributed by atoms with Crippen LogP contribution in [0, 0.1) is 13.8 Å². The molecule has 0 atom stereocenters. The predicted molar refractivity (Wildman–Crippen MR) is 144 cm³/mol. The fourth-order valence-electron chi connectivity index (χ4n) is 4.42. The van der Waals surface area contributed by atoms with Crippen LogP contribution >= 0.6 is 11.8 Å². The van der Waals surface area contributed by atoms with E-state index in [9.17, 15) is 14.4 Å². The maximum atomic E-state index is 13.5. The number of aryl methyl sites for hydroxylation is 2. The first-order valence-corrected chi connectivity index (χ1v) is 12.8. The summed E-state index contributed by atoms with van der Waals surface area (Å²) in [5.41, 5.74) is 4.43. The average Bonchev–Trinajstić information content (AvgIpc) is 3.30. The average molecular weight is 499 g/mol. The molecule has 1 aliphatic heterocycles. The molecule has 0 spiro atoms. The number of nitrogens with zero attached hydrogens (tertiary/aromatic N) is 3. The van der Waals surface area contributed by atoms with Gasteiger partial charge in [-0.3, -0.25) is 19.0 Å². The van der Waals surface area contributed by atoms with E-state index in [2.05, 4.69) is 5.32 Å². The Kier molecular flexibility index (Phi) is 6.61. The van der Waals surface area contributed by atoms with Crippen molar-refractivity contribution in [3.63, 3.8) is 0 Å². The van der Waals surface area contributed by atoms with Gasteiger partial charge in [0.05, 0.1) is 33.7 Å². The minimum Gasteiger partial charge on any atom is -0.324 e. The smallest absolute Gasteiger partial charge is 0.266 e. The molecule has 7 nitrogen and oxygen atoms in total. The molecule has 182 valence electrons. The summed E-state index contributed by atoms with van der Waals surface area (Å²) in [4.78, 5) is 45.3. The van der Waals surface area contributed by atoms with Gasteiger partial charge in [-0.1, -0.05) is 48.2 Å². The van der Waals surface area contributed by atoms with Crippen LogP contribution in [0.4, 0.5) is 11.4 Å². The van der Waals surface area contributed by atoms with Crippen molar-refractivity contribution in [3.8, 4) is 5.69 Å². The van der Waals surface area contributed by atoms with E-state index in [1.165, 1.54) is 11.8 Å². The summed E-state index contributed by atoms with van der Waals surface area (Å²) < 4.78 is 1.60. The minimum absolute atomic E-state index is 0.0535. The zero-order chi connectivity index (χ0) is 25.2. The fourth-order valence-corrected chi connectivity index (χ4v) is 5.22. The van der Waals surface area contributed by atoms with Crippen LogP contribution in [0.25, 0.3) is 16.6 Å². The van der Waals surface area contributed by atoms with E-state index < -0.39 is 0 Å². The summed E-state index contributed by atoms with van der Waals surface area (Å²) in [6.45, 7) is 4.57. The van der Waals surface area contributed by atoms with Gasteiger partial charge in [0.1, 0.15) is 0 Å². The Morgan fingerprint density at radius 2 is 1.78 bits per heavy atom. The van der Waals surface area contributed by atoms with Crippen molar-refractivity contribution < 1.29 is 9.59 Å². The highest BCUT2D eigenvalue weighted by Crippen LogP contribution is 2.30. The van der Waals surface area contributed by atoms with Gasteiger partial charge >= 0.3 is 0 Å². The molecule has 0 bridgehead atoms. The van der Waals surface area contributed by atoms with Crippen LogP contribution in [0.2, 0.25) is 0 Å². The summed E-state index contributed by atoms with van der Waals surface area (Å²) in [5.74, 6) is -0.129. The zero-order valence-corrected chi connectivity index (χ0v) is 21.0. The lowest BCUT2D eigenvalue weighted by Crippen LogP contribution is -2.26. The highest BCUT2D eigenvalue weighted by atomic mass is 32.2. The Bertz CT molecular complexity index is 1550. The van der Waals surface area contributed by atoms with Gasteiger partial charge in [-0.05, 0) is 61.7 Å². The van der Waals surface area contributed by atoms with Crippen LogP contribution in [0.5, 0.6) is 0 Å². The normalized spacial score (nSPS) is 13.4. The first-order chi connectivity index (χ1) is 17.4. The van der Waals surface area contributed by atoms with E-state index in [0.29, 0.717) is 40.4 Å². The van der Waals surface area contributed by atoms with E-state index in [-0.39, 0.29) is 23.1 Å². The maximum absolute atomic E-state index is 13.5. The largest absolute Gasteiger partial charge is 0.324 e. The zero-order valence-electron chi connectivity index (χ0n) is 20.2. The van der Waals surface area contributed by atoms with Gasteiger partial charge < -0.3 is 10.2 Å². The molecule has 1 N–H and O–H groups in total. The maximum Gasteiger partial charge on any atom is 0.266 e. The van der Waals surface area contributed by atoms with Crippen LogP contribution in [-0.4, -0.2) is 33.7 Å². The lowest BCUT2D eigenvalue weighted by molar-refractivity contribution is -0.117. The highest BCUT2D eigenvalue weighted by molar-refractivity contribution is 7.99. The lowest BCUT2D eigenvalue weighted by atomic mass is 10.1. The summed E-state index contributed by atoms with van der Waals surface area (Å²) in [7, 11) is 0. The molecule has 3 aromatic carbocycles. The van der Waals surface area contributed by atoms with Crippen LogP contribution in [0.1, 0.15) is 24.0 Å². The van der Waals surface area contributed by atoms with E-state index in [4.69, 9.17) is 4.98 Å². The Hall–Kier alpha value is -3.91. The van der Waals surface area contributed by atoms with Gasteiger partial charge in [-0.2, -0.15) is 0 Å². The number of carbonyl (C=O) groups is 2. The third-order valence-electron chi connectivity index (χ3n) is 6.23. The summed E-state index contributed by atoms with van der Waals surface area (Å²) in [5, 5.41) is 3.91. The van der Waals surface area contributed by atoms with Gasteiger partial charge in [0.2, 0.25) is 11.8 Å². The molecule has 0 radical (unpaired) electrons. The molecule has 36 heavy (non-hydrogen) atoms. The SMILES string of the molecule is Cc1ccc(C)c(-n2c(SCC(=O)Nc3ccccc3N3CCCC3=O)nc3ccccc3c2=O)c1. The van der Waals surface area contributed by atoms with Crippen molar-refractivity contribution in [2.45, 2.75) is 31.8 Å². The molecule has 8 heteroatoms. The molecule has 5 rings (SSSR count). The number of rotatable bonds is 6. The van der Waals surface area contributed by atoms with Crippen LogP contribution in [-0.2, 0) is 9.59 Å². The second-order valence-corrected chi connectivity index (χ2v) is 9.79.